The number of hydrogen-bond donors (Lipinski definition) is 0. The first-order valence-corrected chi connectivity index (χ1v) is 5.11. The van der Waals surface area contributed by atoms with Crippen molar-refractivity contribution in [3.05, 3.63) is 30.6 Å². The van der Waals surface area contributed by atoms with Crippen molar-refractivity contribution in [1.29, 1.82) is 0 Å². The standard InChI is InChI=1S/C7H10NO3S/c1-2-12(9,10)11-8-6-4-3-5-7-8/h3-7H,2H2,1H3/q+1. The highest BCUT2D eigenvalue weighted by molar-refractivity contribution is 7.86. The van der Waals surface area contributed by atoms with Crippen molar-refractivity contribution in [1.82, 2.24) is 0 Å². The van der Waals surface area contributed by atoms with Gasteiger partial charge in [0.1, 0.15) is 0 Å². The molecule has 0 spiro atoms. The molecule has 0 unspecified atom stereocenters. The second kappa shape index (κ2) is 3.53. The average Bonchev–Trinajstić information content (AvgIpc) is 2.06. The Kier molecular flexibility index (Phi) is 2.65. The van der Waals surface area contributed by atoms with Crippen molar-refractivity contribution in [3.63, 3.8) is 0 Å². The zero-order valence-electron chi connectivity index (χ0n) is 6.67. The van der Waals surface area contributed by atoms with Gasteiger partial charge in [-0.2, -0.15) is 8.42 Å². The Morgan fingerprint density at radius 1 is 1.25 bits per heavy atom. The van der Waals surface area contributed by atoms with E-state index in [1.54, 1.807) is 18.2 Å². The molecule has 0 aliphatic rings. The van der Waals surface area contributed by atoms with Crippen LogP contribution in [0.2, 0.25) is 0 Å². The smallest absolute Gasteiger partial charge is 0.181 e. The largest absolute Gasteiger partial charge is 0.367 e. The molecule has 0 saturated carbocycles. The third kappa shape index (κ3) is 2.50. The first-order chi connectivity index (χ1) is 5.64. The van der Waals surface area contributed by atoms with Gasteiger partial charge in [-0.05, 0) is 6.92 Å². The molecular weight excluding hydrogens is 178 g/mol. The Morgan fingerprint density at radius 2 is 1.83 bits per heavy atom. The van der Waals surface area contributed by atoms with E-state index in [1.807, 2.05) is 0 Å². The molecule has 5 heteroatoms. The van der Waals surface area contributed by atoms with Crippen molar-refractivity contribution in [2.75, 3.05) is 5.75 Å². The number of rotatable bonds is 3. The van der Waals surface area contributed by atoms with Crippen LogP contribution in [0.5, 0.6) is 0 Å². The summed E-state index contributed by atoms with van der Waals surface area (Å²) in [4.78, 5) is 0. The molecule has 0 aliphatic carbocycles. The predicted octanol–water partition coefficient (Wildman–Crippen LogP) is -0.248. The van der Waals surface area contributed by atoms with Gasteiger partial charge in [0.15, 0.2) is 0 Å². The van der Waals surface area contributed by atoms with Crippen molar-refractivity contribution < 1.29 is 17.4 Å². The molecule has 1 aromatic heterocycles. The SMILES string of the molecule is CCS(=O)(=O)O[n+]1ccccc1. The van der Waals surface area contributed by atoms with E-state index in [0.717, 1.165) is 4.73 Å². The first kappa shape index (κ1) is 8.99. The number of aromatic nitrogens is 1. The zero-order valence-corrected chi connectivity index (χ0v) is 7.49. The van der Waals surface area contributed by atoms with E-state index >= 15 is 0 Å². The Hall–Kier alpha value is -1.10. The maximum atomic E-state index is 10.9. The molecule has 0 atom stereocenters. The molecule has 12 heavy (non-hydrogen) atoms. The maximum absolute atomic E-state index is 10.9. The third-order valence-corrected chi connectivity index (χ3v) is 2.35. The van der Waals surface area contributed by atoms with Crippen LogP contribution in [-0.2, 0) is 10.1 Å². The van der Waals surface area contributed by atoms with Crippen LogP contribution in [0.4, 0.5) is 0 Å². The summed E-state index contributed by atoms with van der Waals surface area (Å²) in [6.45, 7) is 1.53. The quantitative estimate of drug-likeness (QED) is 0.615. The molecule has 0 fully saturated rings. The highest BCUT2D eigenvalue weighted by Crippen LogP contribution is 1.82. The molecule has 0 saturated heterocycles. The van der Waals surface area contributed by atoms with Crippen LogP contribution in [-0.4, -0.2) is 14.2 Å². The summed E-state index contributed by atoms with van der Waals surface area (Å²) in [6.07, 6.45) is 3.04. The molecule has 0 amide bonds. The van der Waals surface area contributed by atoms with Gasteiger partial charge in [-0.25, -0.2) is 0 Å². The molecule has 4 nitrogen and oxygen atoms in total. The summed E-state index contributed by atoms with van der Waals surface area (Å²) in [7, 11) is -3.41. The lowest BCUT2D eigenvalue weighted by molar-refractivity contribution is -0.856. The van der Waals surface area contributed by atoms with E-state index in [4.69, 9.17) is 0 Å². The zero-order chi connectivity index (χ0) is 9.03. The van der Waals surface area contributed by atoms with E-state index in [2.05, 4.69) is 4.28 Å². The molecule has 0 N–H and O–H groups in total. The van der Waals surface area contributed by atoms with E-state index < -0.39 is 10.1 Å². The Labute approximate surface area is 71.5 Å². The molecule has 0 aromatic carbocycles. The second-order valence-electron chi connectivity index (χ2n) is 2.16. The highest BCUT2D eigenvalue weighted by atomic mass is 32.2. The number of nitrogens with zero attached hydrogens (tertiary/aromatic N) is 1. The Bertz CT molecular complexity index is 333. The van der Waals surface area contributed by atoms with Crippen molar-refractivity contribution in [3.8, 4) is 0 Å². The van der Waals surface area contributed by atoms with Crippen molar-refractivity contribution in [2.45, 2.75) is 6.92 Å². The molecule has 0 bridgehead atoms. The van der Waals surface area contributed by atoms with Gasteiger partial charge in [0, 0.05) is 16.9 Å². The van der Waals surface area contributed by atoms with Crippen molar-refractivity contribution >= 4 is 10.1 Å². The molecule has 0 radical (unpaired) electrons. The van der Waals surface area contributed by atoms with Gasteiger partial charge >= 0.3 is 10.1 Å². The lowest BCUT2D eigenvalue weighted by Crippen LogP contribution is -2.45. The summed E-state index contributed by atoms with van der Waals surface area (Å²) < 4.78 is 27.6. The van der Waals surface area contributed by atoms with Gasteiger partial charge in [0.25, 0.3) is 0 Å². The second-order valence-corrected chi connectivity index (χ2v) is 4.00. The van der Waals surface area contributed by atoms with Gasteiger partial charge < -0.3 is 0 Å². The van der Waals surface area contributed by atoms with Gasteiger partial charge in [-0.3, -0.25) is 0 Å². The molecule has 1 rings (SSSR count). The van der Waals surface area contributed by atoms with Crippen LogP contribution in [0.3, 0.4) is 0 Å². The van der Waals surface area contributed by atoms with Gasteiger partial charge in [-0.1, -0.05) is 6.07 Å². The van der Waals surface area contributed by atoms with Crippen LogP contribution in [0.15, 0.2) is 30.6 Å². The monoisotopic (exact) mass is 188 g/mol. The molecular formula is C7H10NO3S+. The van der Waals surface area contributed by atoms with E-state index in [0.29, 0.717) is 0 Å². The molecule has 1 aromatic rings. The number of hydrogen-bond acceptors (Lipinski definition) is 3. The number of pyridine rings is 1. The highest BCUT2D eigenvalue weighted by Gasteiger charge is 2.14. The fraction of sp³-hybridized carbons (Fsp3) is 0.286. The Morgan fingerprint density at radius 3 is 2.33 bits per heavy atom. The fourth-order valence-corrected chi connectivity index (χ4v) is 1.08. The maximum Gasteiger partial charge on any atom is 0.367 e. The van der Waals surface area contributed by atoms with Crippen LogP contribution < -0.4 is 9.01 Å². The van der Waals surface area contributed by atoms with E-state index in [-0.39, 0.29) is 5.75 Å². The van der Waals surface area contributed by atoms with Gasteiger partial charge in [0.2, 0.25) is 12.4 Å². The minimum Gasteiger partial charge on any atom is -0.181 e. The van der Waals surface area contributed by atoms with E-state index in [1.165, 1.54) is 19.3 Å². The fourth-order valence-electron chi connectivity index (χ4n) is 0.616. The average molecular weight is 188 g/mol. The molecule has 66 valence electrons. The Balaban J connectivity index is 2.78. The van der Waals surface area contributed by atoms with Crippen molar-refractivity contribution in [2.24, 2.45) is 0 Å². The summed E-state index contributed by atoms with van der Waals surface area (Å²) >= 11 is 0. The topological polar surface area (TPSA) is 47.3 Å². The molecule has 1 heterocycles. The summed E-state index contributed by atoms with van der Waals surface area (Å²) in [5.74, 6) is -0.0328. The lowest BCUT2D eigenvalue weighted by atomic mass is 10.5. The minimum atomic E-state index is -3.41. The summed E-state index contributed by atoms with van der Waals surface area (Å²) in [5.41, 5.74) is 0. The lowest BCUT2D eigenvalue weighted by Gasteiger charge is -1.94. The van der Waals surface area contributed by atoms with Crippen LogP contribution in [0, 0.1) is 0 Å². The summed E-state index contributed by atoms with van der Waals surface area (Å²) in [5, 5.41) is 0. The van der Waals surface area contributed by atoms with E-state index in [9.17, 15) is 8.42 Å². The molecule has 0 aliphatic heterocycles. The normalized spacial score (nSPS) is 11.1. The first-order valence-electron chi connectivity index (χ1n) is 3.53. The third-order valence-electron chi connectivity index (χ3n) is 1.24. The van der Waals surface area contributed by atoms with Crippen LogP contribution in [0.25, 0.3) is 0 Å². The minimum absolute atomic E-state index is 0.0328. The van der Waals surface area contributed by atoms with Gasteiger partial charge in [0.05, 0.1) is 5.75 Å². The predicted molar refractivity (Wildman–Crippen MR) is 42.7 cm³/mol. The van der Waals surface area contributed by atoms with Crippen LogP contribution >= 0.6 is 0 Å². The van der Waals surface area contributed by atoms with Gasteiger partial charge in [-0.15, -0.1) is 4.28 Å². The van der Waals surface area contributed by atoms with Crippen LogP contribution in [0.1, 0.15) is 6.92 Å². The summed E-state index contributed by atoms with van der Waals surface area (Å²) in [6, 6.07) is 5.15.